The van der Waals surface area contributed by atoms with E-state index in [0.717, 1.165) is 17.0 Å². The first kappa shape index (κ1) is 15.9. The zero-order chi connectivity index (χ0) is 16.3. The number of carbonyl (C=O) groups excluding carboxylic acids is 1. The summed E-state index contributed by atoms with van der Waals surface area (Å²) in [6.07, 6.45) is 0. The molecular formula is C16H14F3NO2. The molecule has 0 bridgehead atoms. The van der Waals surface area contributed by atoms with Gasteiger partial charge in [-0.1, -0.05) is 12.1 Å². The summed E-state index contributed by atoms with van der Waals surface area (Å²) in [5.74, 6) is -3.17. The van der Waals surface area contributed by atoms with Gasteiger partial charge in [0.2, 0.25) is 0 Å². The van der Waals surface area contributed by atoms with E-state index in [2.05, 4.69) is 0 Å². The first-order valence-electron chi connectivity index (χ1n) is 6.46. The lowest BCUT2D eigenvalue weighted by atomic mass is 10.1. The van der Waals surface area contributed by atoms with Crippen molar-refractivity contribution in [1.29, 1.82) is 0 Å². The molecule has 3 nitrogen and oxygen atoms in total. The summed E-state index contributed by atoms with van der Waals surface area (Å²) in [5, 5.41) is 0. The first-order valence-corrected chi connectivity index (χ1v) is 6.46. The Kier molecular flexibility index (Phi) is 4.70. The molecule has 1 amide bonds. The number of carbonyl (C=O) groups is 1. The van der Waals surface area contributed by atoms with Gasteiger partial charge in [-0.2, -0.15) is 0 Å². The van der Waals surface area contributed by atoms with Crippen molar-refractivity contribution in [2.45, 2.75) is 6.54 Å². The number of rotatable bonds is 4. The predicted octanol–water partition coefficient (Wildman–Crippen LogP) is 3.38. The van der Waals surface area contributed by atoms with Gasteiger partial charge in [-0.05, 0) is 29.8 Å². The molecule has 0 aliphatic carbocycles. The van der Waals surface area contributed by atoms with Crippen molar-refractivity contribution >= 4 is 5.91 Å². The molecular weight excluding hydrogens is 295 g/mol. The molecule has 0 saturated heterocycles. The van der Waals surface area contributed by atoms with Crippen LogP contribution in [-0.4, -0.2) is 25.0 Å². The van der Waals surface area contributed by atoms with Gasteiger partial charge in [-0.3, -0.25) is 4.79 Å². The Morgan fingerprint density at radius 2 is 1.73 bits per heavy atom. The van der Waals surface area contributed by atoms with Crippen LogP contribution >= 0.6 is 0 Å². The molecule has 0 fully saturated rings. The molecule has 0 aromatic heterocycles. The number of methoxy groups -OCH3 is 1. The normalized spacial score (nSPS) is 10.4. The van der Waals surface area contributed by atoms with E-state index in [1.54, 1.807) is 6.07 Å². The summed E-state index contributed by atoms with van der Waals surface area (Å²) in [6, 6.07) is 7.41. The van der Waals surface area contributed by atoms with Gasteiger partial charge in [0.05, 0.1) is 7.11 Å². The molecule has 6 heteroatoms. The summed E-state index contributed by atoms with van der Waals surface area (Å²) in [5.41, 5.74) is -0.148. The molecule has 0 atom stereocenters. The summed E-state index contributed by atoms with van der Waals surface area (Å²) in [6.45, 7) is 0.00746. The van der Waals surface area contributed by atoms with Gasteiger partial charge in [0.1, 0.15) is 17.2 Å². The van der Waals surface area contributed by atoms with Gasteiger partial charge in [-0.15, -0.1) is 0 Å². The van der Waals surface area contributed by atoms with Crippen molar-refractivity contribution in [3.63, 3.8) is 0 Å². The largest absolute Gasteiger partial charge is 0.494 e. The quantitative estimate of drug-likeness (QED) is 0.866. The highest BCUT2D eigenvalue weighted by atomic mass is 19.1. The number of amides is 1. The Morgan fingerprint density at radius 1 is 1.09 bits per heavy atom. The van der Waals surface area contributed by atoms with Crippen LogP contribution in [0.4, 0.5) is 13.2 Å². The second kappa shape index (κ2) is 6.51. The van der Waals surface area contributed by atoms with Crippen LogP contribution < -0.4 is 4.74 Å². The molecule has 116 valence electrons. The zero-order valence-electron chi connectivity index (χ0n) is 12.1. The fourth-order valence-corrected chi connectivity index (χ4v) is 2.05. The molecule has 0 heterocycles. The third kappa shape index (κ3) is 3.21. The van der Waals surface area contributed by atoms with Crippen molar-refractivity contribution in [3.8, 4) is 5.75 Å². The number of ether oxygens (including phenoxy) is 1. The maximum Gasteiger partial charge on any atom is 0.259 e. The van der Waals surface area contributed by atoms with E-state index in [1.807, 2.05) is 0 Å². The average molecular weight is 309 g/mol. The molecule has 2 aromatic rings. The number of benzene rings is 2. The molecule has 0 unspecified atom stereocenters. The summed E-state index contributed by atoms with van der Waals surface area (Å²) in [4.78, 5) is 13.2. The smallest absolute Gasteiger partial charge is 0.259 e. The van der Waals surface area contributed by atoms with Crippen molar-refractivity contribution in [3.05, 3.63) is 65.0 Å². The Labute approximate surface area is 125 Å². The van der Waals surface area contributed by atoms with E-state index in [4.69, 9.17) is 4.74 Å². The SMILES string of the molecule is COc1ccc(CN(C)C(=O)c2c(F)cccc2F)cc1F. The fraction of sp³-hybridized carbons (Fsp3) is 0.188. The van der Waals surface area contributed by atoms with Crippen molar-refractivity contribution in [2.75, 3.05) is 14.2 Å². The highest BCUT2D eigenvalue weighted by Gasteiger charge is 2.21. The molecule has 2 aromatic carbocycles. The highest BCUT2D eigenvalue weighted by molar-refractivity contribution is 5.94. The number of halogens is 3. The number of nitrogens with zero attached hydrogens (tertiary/aromatic N) is 1. The van der Waals surface area contributed by atoms with Crippen molar-refractivity contribution in [1.82, 2.24) is 4.90 Å². The van der Waals surface area contributed by atoms with E-state index in [1.165, 1.54) is 32.4 Å². The van der Waals surface area contributed by atoms with Crippen molar-refractivity contribution in [2.24, 2.45) is 0 Å². The van der Waals surface area contributed by atoms with Crippen LogP contribution in [-0.2, 0) is 6.54 Å². The van der Waals surface area contributed by atoms with Gasteiger partial charge >= 0.3 is 0 Å². The van der Waals surface area contributed by atoms with Crippen molar-refractivity contribution < 1.29 is 22.7 Å². The van der Waals surface area contributed by atoms with E-state index >= 15 is 0 Å². The van der Waals surface area contributed by atoms with Gasteiger partial charge in [0.15, 0.2) is 11.6 Å². The molecule has 0 radical (unpaired) electrons. The summed E-state index contributed by atoms with van der Waals surface area (Å²) < 4.78 is 45.6. The monoisotopic (exact) mass is 309 g/mol. The topological polar surface area (TPSA) is 29.5 Å². The minimum Gasteiger partial charge on any atom is -0.494 e. The molecule has 0 saturated carbocycles. The third-order valence-corrected chi connectivity index (χ3v) is 3.16. The lowest BCUT2D eigenvalue weighted by molar-refractivity contribution is 0.0775. The third-order valence-electron chi connectivity index (χ3n) is 3.16. The van der Waals surface area contributed by atoms with E-state index < -0.39 is 28.9 Å². The number of hydrogen-bond donors (Lipinski definition) is 0. The molecule has 0 aliphatic rings. The Balaban J connectivity index is 2.20. The molecule has 0 aliphatic heterocycles. The van der Waals surface area contributed by atoms with Crippen LogP contribution in [0.15, 0.2) is 36.4 Å². The van der Waals surface area contributed by atoms with E-state index in [-0.39, 0.29) is 12.3 Å². The van der Waals surface area contributed by atoms with Crippen LogP contribution in [0.5, 0.6) is 5.75 Å². The predicted molar refractivity (Wildman–Crippen MR) is 75.1 cm³/mol. The second-order valence-electron chi connectivity index (χ2n) is 4.73. The summed E-state index contributed by atoms with van der Waals surface area (Å²) in [7, 11) is 2.73. The van der Waals surface area contributed by atoms with Crippen LogP contribution in [0.2, 0.25) is 0 Å². The van der Waals surface area contributed by atoms with E-state index in [0.29, 0.717) is 5.56 Å². The average Bonchev–Trinajstić information content (AvgIpc) is 2.47. The maximum absolute atomic E-state index is 13.6. The first-order chi connectivity index (χ1) is 10.4. The summed E-state index contributed by atoms with van der Waals surface area (Å²) >= 11 is 0. The zero-order valence-corrected chi connectivity index (χ0v) is 12.1. The Morgan fingerprint density at radius 3 is 2.27 bits per heavy atom. The Bertz CT molecular complexity index is 684. The van der Waals surface area contributed by atoms with Crippen LogP contribution in [0, 0.1) is 17.5 Å². The lowest BCUT2D eigenvalue weighted by Crippen LogP contribution is -2.28. The minimum atomic E-state index is -0.933. The number of hydrogen-bond acceptors (Lipinski definition) is 2. The molecule has 0 N–H and O–H groups in total. The van der Waals surface area contributed by atoms with Gasteiger partial charge < -0.3 is 9.64 Å². The van der Waals surface area contributed by atoms with Crippen LogP contribution in [0.25, 0.3) is 0 Å². The maximum atomic E-state index is 13.6. The van der Waals surface area contributed by atoms with Gasteiger partial charge in [-0.25, -0.2) is 13.2 Å². The Hall–Kier alpha value is -2.50. The fourth-order valence-electron chi connectivity index (χ4n) is 2.05. The highest BCUT2D eigenvalue weighted by Crippen LogP contribution is 2.20. The molecule has 2 rings (SSSR count). The second-order valence-corrected chi connectivity index (χ2v) is 4.73. The standard InChI is InChI=1S/C16H14F3NO2/c1-20(9-10-6-7-14(22-2)13(19)8-10)16(21)15-11(17)4-3-5-12(15)18/h3-8H,9H2,1-2H3. The van der Waals surface area contributed by atoms with Crippen LogP contribution in [0.3, 0.4) is 0 Å². The van der Waals surface area contributed by atoms with E-state index in [9.17, 15) is 18.0 Å². The molecule has 22 heavy (non-hydrogen) atoms. The van der Waals surface area contributed by atoms with Gasteiger partial charge in [0.25, 0.3) is 5.91 Å². The minimum absolute atomic E-state index is 0.00746. The lowest BCUT2D eigenvalue weighted by Gasteiger charge is -2.18. The van der Waals surface area contributed by atoms with Crippen LogP contribution in [0.1, 0.15) is 15.9 Å². The molecule has 0 spiro atoms. The van der Waals surface area contributed by atoms with Gasteiger partial charge in [0, 0.05) is 13.6 Å².